The van der Waals surface area contributed by atoms with Gasteiger partial charge in [-0.3, -0.25) is 0 Å². The molecule has 0 spiro atoms. The maximum Gasteiger partial charge on any atom is 0.227 e. The second kappa shape index (κ2) is 7.89. The highest BCUT2D eigenvalue weighted by Gasteiger charge is 2.16. The number of anilines is 3. The molecule has 4 heteroatoms. The monoisotopic (exact) mass is 452 g/mol. The molecule has 0 radical (unpaired) electrons. The normalized spacial score (nSPS) is 11.4. The molecule has 0 saturated carbocycles. The average Bonchev–Trinajstić information content (AvgIpc) is 3.51. The van der Waals surface area contributed by atoms with Crippen LogP contribution < -0.4 is 4.90 Å². The van der Waals surface area contributed by atoms with Crippen LogP contribution in [0.5, 0.6) is 0 Å². The van der Waals surface area contributed by atoms with Crippen LogP contribution >= 0.6 is 0 Å². The molecule has 0 aliphatic carbocycles. The molecule has 0 amide bonds. The lowest BCUT2D eigenvalue weighted by atomic mass is 10.1. The Morgan fingerprint density at radius 1 is 0.486 bits per heavy atom. The Morgan fingerprint density at radius 2 is 1.20 bits per heavy atom. The van der Waals surface area contributed by atoms with Crippen LogP contribution in [0.2, 0.25) is 0 Å². The van der Waals surface area contributed by atoms with Crippen LogP contribution in [-0.2, 0) is 0 Å². The van der Waals surface area contributed by atoms with Gasteiger partial charge in [0.25, 0.3) is 0 Å². The van der Waals surface area contributed by atoms with Crippen molar-refractivity contribution in [3.05, 3.63) is 121 Å². The smallest absolute Gasteiger partial charge is 0.227 e. The lowest BCUT2D eigenvalue weighted by molar-refractivity contribution is 0.619. The zero-order chi connectivity index (χ0) is 23.2. The predicted molar refractivity (Wildman–Crippen MR) is 141 cm³/mol. The van der Waals surface area contributed by atoms with E-state index in [1.807, 2.05) is 54.6 Å². The lowest BCUT2D eigenvalue weighted by Gasteiger charge is -2.25. The minimum atomic E-state index is 0.591. The van der Waals surface area contributed by atoms with Gasteiger partial charge in [0.1, 0.15) is 16.7 Å². The molecule has 7 rings (SSSR count). The van der Waals surface area contributed by atoms with Crippen molar-refractivity contribution in [2.75, 3.05) is 4.90 Å². The minimum absolute atomic E-state index is 0.591. The number of para-hydroxylation sites is 4. The summed E-state index contributed by atoms with van der Waals surface area (Å²) in [5.41, 5.74) is 7.44. The van der Waals surface area contributed by atoms with E-state index in [1.54, 1.807) is 0 Å². The molecule has 0 saturated heterocycles. The third-order valence-electron chi connectivity index (χ3n) is 6.28. The first kappa shape index (κ1) is 19.6. The number of hydrogen-bond donors (Lipinski definition) is 0. The fraction of sp³-hybridized carbons (Fsp3) is 0. The van der Waals surface area contributed by atoms with Crippen molar-refractivity contribution in [3.63, 3.8) is 0 Å². The van der Waals surface area contributed by atoms with Crippen LogP contribution in [0, 0.1) is 0 Å². The third kappa shape index (κ3) is 3.35. The molecule has 35 heavy (non-hydrogen) atoms. The van der Waals surface area contributed by atoms with Crippen LogP contribution in [0.15, 0.2) is 130 Å². The number of benzene rings is 5. The Morgan fingerprint density at radius 3 is 1.94 bits per heavy atom. The number of oxazole rings is 1. The Labute approximate surface area is 201 Å². The van der Waals surface area contributed by atoms with E-state index < -0.39 is 0 Å². The second-order valence-electron chi connectivity index (χ2n) is 8.49. The number of rotatable bonds is 4. The van der Waals surface area contributed by atoms with E-state index in [2.05, 4.69) is 76.6 Å². The topological polar surface area (TPSA) is 42.4 Å². The summed E-state index contributed by atoms with van der Waals surface area (Å²) in [5.74, 6) is 0.591. The van der Waals surface area contributed by atoms with Crippen LogP contribution in [0.1, 0.15) is 0 Å². The zero-order valence-electron chi connectivity index (χ0n) is 18.8. The summed E-state index contributed by atoms with van der Waals surface area (Å²) >= 11 is 0. The summed E-state index contributed by atoms with van der Waals surface area (Å²) in [6, 6.07) is 41.1. The number of furan rings is 1. The molecule has 0 unspecified atom stereocenters. The molecule has 0 fully saturated rings. The molecule has 4 nitrogen and oxygen atoms in total. The average molecular weight is 453 g/mol. The molecule has 0 N–H and O–H groups in total. The Balaban J connectivity index is 1.36. The van der Waals surface area contributed by atoms with E-state index in [9.17, 15) is 0 Å². The van der Waals surface area contributed by atoms with E-state index in [0.29, 0.717) is 5.89 Å². The number of hydrogen-bond acceptors (Lipinski definition) is 4. The molecular formula is C31H20N2O2. The van der Waals surface area contributed by atoms with Gasteiger partial charge in [-0.25, -0.2) is 4.98 Å². The SMILES string of the molecule is c1ccc(N(c2ccccc2)c2ccc3oc4cc(-c5nc6ccccc6o5)ccc4c3c2)cc1. The molecule has 5 aromatic carbocycles. The number of aromatic nitrogens is 1. The third-order valence-corrected chi connectivity index (χ3v) is 6.28. The first-order valence-electron chi connectivity index (χ1n) is 11.6. The van der Waals surface area contributed by atoms with Gasteiger partial charge in [-0.05, 0) is 72.8 Å². The van der Waals surface area contributed by atoms with E-state index in [1.165, 1.54) is 0 Å². The molecule has 7 aromatic rings. The molecule has 0 bridgehead atoms. The van der Waals surface area contributed by atoms with Gasteiger partial charge < -0.3 is 13.7 Å². The summed E-state index contributed by atoms with van der Waals surface area (Å²) in [7, 11) is 0. The second-order valence-corrected chi connectivity index (χ2v) is 8.49. The van der Waals surface area contributed by atoms with Gasteiger partial charge in [0.2, 0.25) is 5.89 Å². The van der Waals surface area contributed by atoms with E-state index in [4.69, 9.17) is 8.83 Å². The van der Waals surface area contributed by atoms with E-state index in [0.717, 1.165) is 55.7 Å². The van der Waals surface area contributed by atoms with Gasteiger partial charge in [-0.15, -0.1) is 0 Å². The summed E-state index contributed by atoms with van der Waals surface area (Å²) in [6.07, 6.45) is 0. The molecule has 0 aliphatic heterocycles. The lowest BCUT2D eigenvalue weighted by Crippen LogP contribution is -2.09. The first-order valence-corrected chi connectivity index (χ1v) is 11.6. The fourth-order valence-electron chi connectivity index (χ4n) is 4.63. The zero-order valence-corrected chi connectivity index (χ0v) is 18.8. The van der Waals surface area contributed by atoms with Crippen molar-refractivity contribution >= 4 is 50.1 Å². The van der Waals surface area contributed by atoms with Gasteiger partial charge >= 0.3 is 0 Å². The van der Waals surface area contributed by atoms with Crippen LogP contribution in [0.3, 0.4) is 0 Å². The van der Waals surface area contributed by atoms with Crippen LogP contribution in [-0.4, -0.2) is 4.98 Å². The molecule has 0 atom stereocenters. The van der Waals surface area contributed by atoms with Gasteiger partial charge in [0, 0.05) is 33.4 Å². The highest BCUT2D eigenvalue weighted by molar-refractivity contribution is 6.07. The van der Waals surface area contributed by atoms with E-state index >= 15 is 0 Å². The fourth-order valence-corrected chi connectivity index (χ4v) is 4.63. The molecule has 166 valence electrons. The summed E-state index contributed by atoms with van der Waals surface area (Å²) in [4.78, 5) is 6.89. The Bertz CT molecular complexity index is 1730. The van der Waals surface area contributed by atoms with Crippen LogP contribution in [0.25, 0.3) is 44.5 Å². The van der Waals surface area contributed by atoms with Crippen molar-refractivity contribution in [2.24, 2.45) is 0 Å². The van der Waals surface area contributed by atoms with Gasteiger partial charge in [-0.2, -0.15) is 0 Å². The summed E-state index contributed by atoms with van der Waals surface area (Å²) in [5, 5.41) is 2.13. The van der Waals surface area contributed by atoms with Crippen molar-refractivity contribution in [1.29, 1.82) is 0 Å². The molecule has 0 aliphatic rings. The highest BCUT2D eigenvalue weighted by atomic mass is 16.3. The standard InChI is InChI=1S/C31H20N2O2/c1-3-9-22(10-4-1)33(23-11-5-2-6-12-23)24-16-18-28-26(20-24)25-17-15-21(19-30(25)34-28)31-32-27-13-7-8-14-29(27)35-31/h1-20H. The van der Waals surface area contributed by atoms with Gasteiger partial charge in [0.05, 0.1) is 0 Å². The summed E-state index contributed by atoms with van der Waals surface area (Å²) in [6.45, 7) is 0. The maximum absolute atomic E-state index is 6.25. The van der Waals surface area contributed by atoms with Crippen molar-refractivity contribution < 1.29 is 8.83 Å². The van der Waals surface area contributed by atoms with Crippen molar-refractivity contribution in [2.45, 2.75) is 0 Å². The highest BCUT2D eigenvalue weighted by Crippen LogP contribution is 2.39. The molecule has 2 aromatic heterocycles. The van der Waals surface area contributed by atoms with Gasteiger partial charge in [-0.1, -0.05) is 48.5 Å². The van der Waals surface area contributed by atoms with Crippen molar-refractivity contribution in [1.82, 2.24) is 4.98 Å². The first-order chi connectivity index (χ1) is 17.3. The molecule has 2 heterocycles. The Hall–Kier alpha value is -4.83. The largest absolute Gasteiger partial charge is 0.456 e. The molecular weight excluding hydrogens is 432 g/mol. The minimum Gasteiger partial charge on any atom is -0.456 e. The van der Waals surface area contributed by atoms with E-state index in [-0.39, 0.29) is 0 Å². The van der Waals surface area contributed by atoms with Gasteiger partial charge in [0.15, 0.2) is 5.58 Å². The van der Waals surface area contributed by atoms with Crippen LogP contribution in [0.4, 0.5) is 17.1 Å². The number of fused-ring (bicyclic) bond motifs is 4. The quantitative estimate of drug-likeness (QED) is 0.267. The summed E-state index contributed by atoms with van der Waals surface area (Å²) < 4.78 is 12.2. The maximum atomic E-state index is 6.25. The number of nitrogens with zero attached hydrogens (tertiary/aromatic N) is 2. The Kier molecular flexibility index (Phi) is 4.42. The predicted octanol–water partition coefficient (Wildman–Crippen LogP) is 8.86. The van der Waals surface area contributed by atoms with Crippen molar-refractivity contribution in [3.8, 4) is 11.5 Å².